The molecule has 2 rings (SSSR count). The molecule has 0 aliphatic rings. The average Bonchev–Trinajstić information content (AvgIpc) is 2.47. The molecule has 2 aromatic carbocycles. The van der Waals surface area contributed by atoms with E-state index in [0.717, 1.165) is 11.3 Å². The van der Waals surface area contributed by atoms with Crippen LogP contribution in [0.1, 0.15) is 28.9 Å². The number of anilines is 1. The molecule has 0 aliphatic carbocycles. The molecule has 0 aliphatic heterocycles. The first-order chi connectivity index (χ1) is 10.0. The zero-order valence-corrected chi connectivity index (χ0v) is 12.5. The average molecular weight is 306 g/mol. The fourth-order valence-electron chi connectivity index (χ4n) is 2.03. The van der Waals surface area contributed by atoms with Crippen LogP contribution in [-0.2, 0) is 0 Å². The number of nitrogens with one attached hydrogen (secondary N) is 1. The number of rotatable bonds is 5. The normalized spacial score (nSPS) is 11.8. The number of ether oxygens (including phenoxy) is 1. The molecular weight excluding hydrogens is 290 g/mol. The van der Waals surface area contributed by atoms with Gasteiger partial charge in [-0.2, -0.15) is 0 Å². The highest BCUT2D eigenvalue weighted by Gasteiger charge is 2.13. The van der Waals surface area contributed by atoms with Crippen LogP contribution in [0.25, 0.3) is 0 Å². The SMILES string of the molecule is COc1ccc(C(C)Nc2cc(Cl)ccc2C(=O)O)cc1. The molecule has 0 aromatic heterocycles. The minimum Gasteiger partial charge on any atom is -0.497 e. The van der Waals surface area contributed by atoms with Crippen molar-refractivity contribution >= 4 is 23.3 Å². The van der Waals surface area contributed by atoms with Gasteiger partial charge in [-0.05, 0) is 42.8 Å². The number of aromatic carboxylic acids is 1. The number of benzene rings is 2. The molecule has 110 valence electrons. The van der Waals surface area contributed by atoms with Gasteiger partial charge in [0.25, 0.3) is 0 Å². The Morgan fingerprint density at radius 1 is 1.24 bits per heavy atom. The van der Waals surface area contributed by atoms with E-state index in [1.165, 1.54) is 6.07 Å². The topological polar surface area (TPSA) is 58.6 Å². The van der Waals surface area contributed by atoms with Crippen LogP contribution in [-0.4, -0.2) is 18.2 Å². The van der Waals surface area contributed by atoms with E-state index >= 15 is 0 Å². The summed E-state index contributed by atoms with van der Waals surface area (Å²) in [5, 5.41) is 12.9. The Labute approximate surface area is 128 Å². The maximum absolute atomic E-state index is 11.2. The number of carbonyl (C=O) groups is 1. The quantitative estimate of drug-likeness (QED) is 0.868. The van der Waals surface area contributed by atoms with Gasteiger partial charge < -0.3 is 15.2 Å². The van der Waals surface area contributed by atoms with E-state index < -0.39 is 5.97 Å². The molecule has 0 heterocycles. The van der Waals surface area contributed by atoms with Gasteiger partial charge in [0.15, 0.2) is 0 Å². The fourth-order valence-corrected chi connectivity index (χ4v) is 2.20. The summed E-state index contributed by atoms with van der Waals surface area (Å²) in [5.74, 6) is -0.212. The second-order valence-electron chi connectivity index (χ2n) is 4.63. The summed E-state index contributed by atoms with van der Waals surface area (Å²) in [4.78, 5) is 11.2. The van der Waals surface area contributed by atoms with E-state index in [4.69, 9.17) is 16.3 Å². The molecule has 1 unspecified atom stereocenters. The Morgan fingerprint density at radius 2 is 1.90 bits per heavy atom. The first-order valence-corrected chi connectivity index (χ1v) is 6.82. The van der Waals surface area contributed by atoms with Crippen LogP contribution in [0, 0.1) is 0 Å². The minimum atomic E-state index is -0.990. The van der Waals surface area contributed by atoms with Gasteiger partial charge in [0.1, 0.15) is 5.75 Å². The zero-order valence-electron chi connectivity index (χ0n) is 11.8. The van der Waals surface area contributed by atoms with Crippen molar-refractivity contribution in [3.8, 4) is 5.75 Å². The molecule has 0 bridgehead atoms. The summed E-state index contributed by atoms with van der Waals surface area (Å²) < 4.78 is 5.12. The molecule has 0 amide bonds. The first kappa shape index (κ1) is 15.2. The lowest BCUT2D eigenvalue weighted by Gasteiger charge is -2.18. The number of carboxylic acids is 1. The van der Waals surface area contributed by atoms with Crippen molar-refractivity contribution in [1.29, 1.82) is 0 Å². The second kappa shape index (κ2) is 6.50. The Morgan fingerprint density at radius 3 is 2.48 bits per heavy atom. The van der Waals surface area contributed by atoms with E-state index in [2.05, 4.69) is 5.32 Å². The standard InChI is InChI=1S/C16H16ClNO3/c1-10(11-3-6-13(21-2)7-4-11)18-15-9-12(17)5-8-14(15)16(19)20/h3-10,18H,1-2H3,(H,19,20). The van der Waals surface area contributed by atoms with Crippen molar-refractivity contribution in [2.75, 3.05) is 12.4 Å². The molecule has 0 spiro atoms. The summed E-state index contributed by atoms with van der Waals surface area (Å²) >= 11 is 5.94. The molecule has 2 aromatic rings. The minimum absolute atomic E-state index is 0.0625. The fraction of sp³-hybridized carbons (Fsp3) is 0.188. The van der Waals surface area contributed by atoms with E-state index in [9.17, 15) is 9.90 Å². The van der Waals surface area contributed by atoms with Gasteiger partial charge in [-0.3, -0.25) is 0 Å². The number of methoxy groups -OCH3 is 1. The summed E-state index contributed by atoms with van der Waals surface area (Å²) in [7, 11) is 1.61. The summed E-state index contributed by atoms with van der Waals surface area (Å²) in [6, 6.07) is 12.2. The molecule has 4 nitrogen and oxygen atoms in total. The van der Waals surface area contributed by atoms with Gasteiger partial charge in [0, 0.05) is 11.1 Å². The van der Waals surface area contributed by atoms with E-state index in [-0.39, 0.29) is 11.6 Å². The van der Waals surface area contributed by atoms with Gasteiger partial charge in [-0.1, -0.05) is 23.7 Å². The van der Waals surface area contributed by atoms with Crippen LogP contribution in [0.2, 0.25) is 5.02 Å². The number of halogens is 1. The van der Waals surface area contributed by atoms with Gasteiger partial charge >= 0.3 is 5.97 Å². The highest BCUT2D eigenvalue weighted by Crippen LogP contribution is 2.26. The molecule has 21 heavy (non-hydrogen) atoms. The van der Waals surface area contributed by atoms with E-state index in [1.807, 2.05) is 31.2 Å². The van der Waals surface area contributed by atoms with Crippen molar-refractivity contribution in [1.82, 2.24) is 0 Å². The predicted molar refractivity (Wildman–Crippen MR) is 83.4 cm³/mol. The van der Waals surface area contributed by atoms with Crippen molar-refractivity contribution in [2.24, 2.45) is 0 Å². The molecule has 2 N–H and O–H groups in total. The molecule has 0 saturated heterocycles. The van der Waals surface area contributed by atoms with Gasteiger partial charge in [0.2, 0.25) is 0 Å². The lowest BCUT2D eigenvalue weighted by molar-refractivity contribution is 0.0698. The Kier molecular flexibility index (Phi) is 4.70. The van der Waals surface area contributed by atoms with E-state index in [1.54, 1.807) is 19.2 Å². The predicted octanol–water partition coefficient (Wildman–Crippen LogP) is 4.22. The van der Waals surface area contributed by atoms with Gasteiger partial charge in [0.05, 0.1) is 18.4 Å². The third-order valence-electron chi connectivity index (χ3n) is 3.20. The van der Waals surface area contributed by atoms with Crippen molar-refractivity contribution in [3.63, 3.8) is 0 Å². The highest BCUT2D eigenvalue weighted by atomic mass is 35.5. The summed E-state index contributed by atoms with van der Waals surface area (Å²) in [5.41, 5.74) is 1.71. The van der Waals surface area contributed by atoms with Crippen LogP contribution in [0.5, 0.6) is 5.75 Å². The number of hydrogen-bond acceptors (Lipinski definition) is 3. The highest BCUT2D eigenvalue weighted by molar-refractivity contribution is 6.31. The van der Waals surface area contributed by atoms with Crippen LogP contribution in [0.3, 0.4) is 0 Å². The molecule has 0 fully saturated rings. The zero-order chi connectivity index (χ0) is 15.4. The Bertz CT molecular complexity index is 640. The largest absolute Gasteiger partial charge is 0.497 e. The molecule has 5 heteroatoms. The van der Waals surface area contributed by atoms with Crippen LogP contribution in [0.15, 0.2) is 42.5 Å². The second-order valence-corrected chi connectivity index (χ2v) is 5.07. The summed E-state index contributed by atoms with van der Waals surface area (Å²) in [6.07, 6.45) is 0. The van der Waals surface area contributed by atoms with Crippen molar-refractivity contribution in [2.45, 2.75) is 13.0 Å². The maximum atomic E-state index is 11.2. The third kappa shape index (κ3) is 3.67. The lowest BCUT2D eigenvalue weighted by atomic mass is 10.1. The first-order valence-electron chi connectivity index (χ1n) is 6.44. The molecule has 1 atom stereocenters. The van der Waals surface area contributed by atoms with Gasteiger partial charge in [-0.15, -0.1) is 0 Å². The molecule has 0 saturated carbocycles. The van der Waals surface area contributed by atoms with E-state index in [0.29, 0.717) is 10.7 Å². The van der Waals surface area contributed by atoms with Crippen LogP contribution in [0.4, 0.5) is 5.69 Å². The smallest absolute Gasteiger partial charge is 0.337 e. The Hall–Kier alpha value is -2.20. The molecule has 0 radical (unpaired) electrons. The summed E-state index contributed by atoms with van der Waals surface area (Å²) in [6.45, 7) is 1.95. The Balaban J connectivity index is 2.24. The lowest BCUT2D eigenvalue weighted by Crippen LogP contribution is -2.10. The van der Waals surface area contributed by atoms with Crippen molar-refractivity contribution < 1.29 is 14.6 Å². The number of hydrogen-bond donors (Lipinski definition) is 2. The third-order valence-corrected chi connectivity index (χ3v) is 3.43. The van der Waals surface area contributed by atoms with Crippen molar-refractivity contribution in [3.05, 3.63) is 58.6 Å². The van der Waals surface area contributed by atoms with Crippen LogP contribution < -0.4 is 10.1 Å². The molecular formula is C16H16ClNO3. The van der Waals surface area contributed by atoms with Crippen LogP contribution >= 0.6 is 11.6 Å². The monoisotopic (exact) mass is 305 g/mol. The van der Waals surface area contributed by atoms with Gasteiger partial charge in [-0.25, -0.2) is 4.79 Å². The number of carboxylic acid groups (broad SMARTS) is 1. The maximum Gasteiger partial charge on any atom is 0.337 e.